The number of rotatable bonds is 7. The standard InChI is InChI=1S/C18H31N5O/c1-17(2,3)22-9-7-6-8-13-10-20-16(19)14-15(13)23(12-21-14)11-18(4,5)24/h10,12,22,24H,6-9,11H2,1-5H3,(H2,19,20). The molecule has 0 spiro atoms. The molecule has 24 heavy (non-hydrogen) atoms. The van der Waals surface area contributed by atoms with Crippen LogP contribution in [0.5, 0.6) is 0 Å². The zero-order chi connectivity index (χ0) is 18.0. The minimum Gasteiger partial charge on any atom is -0.389 e. The molecule has 0 aliphatic rings. The minimum absolute atomic E-state index is 0.154. The molecule has 0 saturated heterocycles. The summed E-state index contributed by atoms with van der Waals surface area (Å²) in [7, 11) is 0. The summed E-state index contributed by atoms with van der Waals surface area (Å²) in [5.41, 5.74) is 8.17. The Morgan fingerprint density at radius 1 is 1.17 bits per heavy atom. The summed E-state index contributed by atoms with van der Waals surface area (Å²) in [6.45, 7) is 11.6. The van der Waals surface area contributed by atoms with E-state index in [1.54, 1.807) is 20.2 Å². The van der Waals surface area contributed by atoms with E-state index in [4.69, 9.17) is 5.73 Å². The van der Waals surface area contributed by atoms with Gasteiger partial charge < -0.3 is 20.7 Å². The van der Waals surface area contributed by atoms with E-state index in [0.717, 1.165) is 42.4 Å². The van der Waals surface area contributed by atoms with E-state index in [0.29, 0.717) is 12.4 Å². The fraction of sp³-hybridized carbons (Fsp3) is 0.667. The number of nitrogens with zero attached hydrogens (tertiary/aromatic N) is 3. The Morgan fingerprint density at radius 2 is 1.88 bits per heavy atom. The van der Waals surface area contributed by atoms with Crippen molar-refractivity contribution in [3.05, 3.63) is 18.1 Å². The van der Waals surface area contributed by atoms with Crippen molar-refractivity contribution < 1.29 is 5.11 Å². The summed E-state index contributed by atoms with van der Waals surface area (Å²) in [5.74, 6) is 0.442. The highest BCUT2D eigenvalue weighted by Crippen LogP contribution is 2.24. The minimum atomic E-state index is -0.806. The van der Waals surface area contributed by atoms with Crippen LogP contribution in [0.1, 0.15) is 53.0 Å². The molecule has 2 aromatic rings. The Hall–Kier alpha value is -1.66. The first-order valence-corrected chi connectivity index (χ1v) is 8.62. The molecule has 0 bridgehead atoms. The zero-order valence-corrected chi connectivity index (χ0v) is 15.6. The first-order valence-electron chi connectivity index (χ1n) is 8.62. The molecule has 4 N–H and O–H groups in total. The number of pyridine rings is 1. The lowest BCUT2D eigenvalue weighted by atomic mass is 10.1. The Balaban J connectivity index is 2.12. The fourth-order valence-electron chi connectivity index (χ4n) is 2.80. The molecule has 134 valence electrons. The molecule has 6 heteroatoms. The summed E-state index contributed by atoms with van der Waals surface area (Å²) in [4.78, 5) is 8.67. The maximum atomic E-state index is 10.1. The maximum Gasteiger partial charge on any atom is 0.151 e. The van der Waals surface area contributed by atoms with Crippen molar-refractivity contribution >= 4 is 16.9 Å². The number of fused-ring (bicyclic) bond motifs is 1. The first-order chi connectivity index (χ1) is 11.1. The number of aryl methyl sites for hydroxylation is 1. The summed E-state index contributed by atoms with van der Waals surface area (Å²) in [6, 6.07) is 0. The second kappa shape index (κ2) is 7.07. The van der Waals surface area contributed by atoms with Crippen LogP contribution in [0, 0.1) is 0 Å². The highest BCUT2D eigenvalue weighted by atomic mass is 16.3. The van der Waals surface area contributed by atoms with Crippen molar-refractivity contribution in [1.82, 2.24) is 19.9 Å². The van der Waals surface area contributed by atoms with E-state index >= 15 is 0 Å². The van der Waals surface area contributed by atoms with Crippen LogP contribution in [0.15, 0.2) is 12.5 Å². The molecule has 0 aliphatic carbocycles. The second-order valence-electron chi connectivity index (χ2n) is 8.18. The SMILES string of the molecule is CC(C)(O)Cn1cnc2c(N)ncc(CCCCNC(C)(C)C)c21. The van der Waals surface area contributed by atoms with Crippen LogP contribution in [0.3, 0.4) is 0 Å². The van der Waals surface area contributed by atoms with Crippen molar-refractivity contribution in [2.45, 2.75) is 71.6 Å². The van der Waals surface area contributed by atoms with Gasteiger partial charge in [-0.05, 0) is 66.0 Å². The lowest BCUT2D eigenvalue weighted by Gasteiger charge is -2.20. The van der Waals surface area contributed by atoms with Gasteiger partial charge in [0, 0.05) is 11.7 Å². The van der Waals surface area contributed by atoms with E-state index in [9.17, 15) is 5.11 Å². The second-order valence-corrected chi connectivity index (χ2v) is 8.18. The molecule has 0 saturated carbocycles. The predicted molar refractivity (Wildman–Crippen MR) is 98.9 cm³/mol. The van der Waals surface area contributed by atoms with Crippen LogP contribution in [0.4, 0.5) is 5.82 Å². The highest BCUT2D eigenvalue weighted by molar-refractivity contribution is 5.87. The van der Waals surface area contributed by atoms with Crippen molar-refractivity contribution in [3.63, 3.8) is 0 Å². The molecule has 2 rings (SSSR count). The van der Waals surface area contributed by atoms with Crippen molar-refractivity contribution in [1.29, 1.82) is 0 Å². The van der Waals surface area contributed by atoms with Gasteiger partial charge in [-0.25, -0.2) is 9.97 Å². The van der Waals surface area contributed by atoms with E-state index in [1.165, 1.54) is 0 Å². The molecule has 0 aliphatic heterocycles. The third kappa shape index (κ3) is 5.18. The molecular formula is C18H31N5O. The summed E-state index contributed by atoms with van der Waals surface area (Å²) >= 11 is 0. The van der Waals surface area contributed by atoms with Crippen LogP contribution in [0.25, 0.3) is 11.0 Å². The van der Waals surface area contributed by atoms with Gasteiger partial charge in [0.05, 0.1) is 24.0 Å². The molecule has 2 aromatic heterocycles. The number of aliphatic hydroxyl groups is 1. The van der Waals surface area contributed by atoms with Gasteiger partial charge in [-0.3, -0.25) is 0 Å². The van der Waals surface area contributed by atoms with Crippen LogP contribution in [-0.4, -0.2) is 37.3 Å². The van der Waals surface area contributed by atoms with E-state index in [2.05, 4.69) is 36.1 Å². The van der Waals surface area contributed by atoms with Crippen LogP contribution < -0.4 is 11.1 Å². The molecule has 0 atom stereocenters. The van der Waals surface area contributed by atoms with E-state index in [1.807, 2.05) is 10.8 Å². The normalized spacial score (nSPS) is 12.9. The average Bonchev–Trinajstić information content (AvgIpc) is 2.82. The number of aromatic nitrogens is 3. The number of nitrogen functional groups attached to an aromatic ring is 1. The molecule has 0 amide bonds. The summed E-state index contributed by atoms with van der Waals surface area (Å²) < 4.78 is 1.98. The van der Waals surface area contributed by atoms with Gasteiger partial charge >= 0.3 is 0 Å². The van der Waals surface area contributed by atoms with Gasteiger partial charge in [0.15, 0.2) is 5.82 Å². The smallest absolute Gasteiger partial charge is 0.151 e. The predicted octanol–water partition coefficient (Wildman–Crippen LogP) is 2.50. The molecule has 0 unspecified atom stereocenters. The molecule has 0 radical (unpaired) electrons. The van der Waals surface area contributed by atoms with Crippen molar-refractivity contribution in [3.8, 4) is 0 Å². The van der Waals surface area contributed by atoms with Gasteiger partial charge in [0.25, 0.3) is 0 Å². The lowest BCUT2D eigenvalue weighted by Crippen LogP contribution is -2.36. The van der Waals surface area contributed by atoms with Gasteiger partial charge in [-0.2, -0.15) is 0 Å². The quantitative estimate of drug-likeness (QED) is 0.678. The van der Waals surface area contributed by atoms with Crippen LogP contribution >= 0.6 is 0 Å². The van der Waals surface area contributed by atoms with Gasteiger partial charge in [-0.15, -0.1) is 0 Å². The number of unbranched alkanes of at least 4 members (excludes halogenated alkanes) is 1. The third-order valence-electron chi connectivity index (χ3n) is 3.83. The molecule has 0 aromatic carbocycles. The number of hydrogen-bond donors (Lipinski definition) is 3. The van der Waals surface area contributed by atoms with Gasteiger partial charge in [0.2, 0.25) is 0 Å². The monoisotopic (exact) mass is 333 g/mol. The van der Waals surface area contributed by atoms with Gasteiger partial charge in [0.1, 0.15) is 5.52 Å². The first kappa shape index (κ1) is 18.7. The average molecular weight is 333 g/mol. The van der Waals surface area contributed by atoms with Crippen LogP contribution in [0.2, 0.25) is 0 Å². The van der Waals surface area contributed by atoms with Crippen molar-refractivity contribution in [2.24, 2.45) is 0 Å². The number of anilines is 1. The number of hydrogen-bond acceptors (Lipinski definition) is 5. The van der Waals surface area contributed by atoms with E-state index in [-0.39, 0.29) is 5.54 Å². The maximum absolute atomic E-state index is 10.1. The van der Waals surface area contributed by atoms with Crippen molar-refractivity contribution in [2.75, 3.05) is 12.3 Å². The number of imidazole rings is 1. The van der Waals surface area contributed by atoms with Crippen LogP contribution in [-0.2, 0) is 13.0 Å². The Kier molecular flexibility index (Phi) is 5.50. The highest BCUT2D eigenvalue weighted by Gasteiger charge is 2.18. The third-order valence-corrected chi connectivity index (χ3v) is 3.83. The number of nitrogens with one attached hydrogen (secondary N) is 1. The van der Waals surface area contributed by atoms with Gasteiger partial charge in [-0.1, -0.05) is 0 Å². The van der Waals surface area contributed by atoms with E-state index < -0.39 is 5.60 Å². The molecule has 6 nitrogen and oxygen atoms in total. The zero-order valence-electron chi connectivity index (χ0n) is 15.6. The fourth-order valence-corrected chi connectivity index (χ4v) is 2.80. The Morgan fingerprint density at radius 3 is 2.50 bits per heavy atom. The Labute approximate surface area is 144 Å². The molecular weight excluding hydrogens is 302 g/mol. The number of nitrogens with two attached hydrogens (primary N) is 1. The Bertz CT molecular complexity index is 679. The molecule has 0 fully saturated rings. The lowest BCUT2D eigenvalue weighted by molar-refractivity contribution is 0.0626. The largest absolute Gasteiger partial charge is 0.389 e. The summed E-state index contributed by atoms with van der Waals surface area (Å²) in [5, 5.41) is 13.6. The summed E-state index contributed by atoms with van der Waals surface area (Å²) in [6.07, 6.45) is 6.68. The molecule has 2 heterocycles. The topological polar surface area (TPSA) is 89.0 Å².